The molecule has 0 spiro atoms. The Kier molecular flexibility index (Phi) is 7.84. The molecule has 2 aliphatic rings. The van der Waals surface area contributed by atoms with E-state index in [1.165, 1.54) is 12.1 Å². The summed E-state index contributed by atoms with van der Waals surface area (Å²) in [5.74, 6) is -1.89. The first-order valence-electron chi connectivity index (χ1n) is 11.2. The molecule has 1 aromatic carbocycles. The summed E-state index contributed by atoms with van der Waals surface area (Å²) in [6.07, 6.45) is 1.58. The van der Waals surface area contributed by atoms with Crippen molar-refractivity contribution in [3.8, 4) is 6.07 Å². The highest BCUT2D eigenvalue weighted by Crippen LogP contribution is 2.51. The summed E-state index contributed by atoms with van der Waals surface area (Å²) in [7, 11) is 0. The fourth-order valence-corrected chi connectivity index (χ4v) is 5.36. The van der Waals surface area contributed by atoms with Gasteiger partial charge < -0.3 is 20.3 Å². The third-order valence-electron chi connectivity index (χ3n) is 6.96. The molecule has 0 bridgehead atoms. The normalized spacial score (nSPS) is 29.6. The number of aryl methyl sites for hydroxylation is 1. The lowest BCUT2D eigenvalue weighted by Gasteiger charge is -2.37. The minimum absolute atomic E-state index is 0.0502. The van der Waals surface area contributed by atoms with Crippen LogP contribution in [0.5, 0.6) is 0 Å². The fraction of sp³-hybridized carbons (Fsp3) is 0.560. The summed E-state index contributed by atoms with van der Waals surface area (Å²) >= 11 is 0. The van der Waals surface area contributed by atoms with Crippen LogP contribution < -0.4 is 5.32 Å². The molecule has 0 aliphatic carbocycles. The van der Waals surface area contributed by atoms with E-state index in [1.54, 1.807) is 26.0 Å². The number of hydrogen-bond donors (Lipinski definition) is 3. The maximum Gasteiger partial charge on any atom is 0.167 e. The smallest absolute Gasteiger partial charge is 0.167 e. The zero-order chi connectivity index (χ0) is 23.5. The van der Waals surface area contributed by atoms with Gasteiger partial charge in [-0.25, -0.2) is 8.78 Å². The van der Waals surface area contributed by atoms with Crippen LogP contribution in [0.4, 0.5) is 8.78 Å². The Hall–Kier alpha value is -2.11. The highest BCUT2D eigenvalue weighted by atomic mass is 19.1. The summed E-state index contributed by atoms with van der Waals surface area (Å²) in [6, 6.07) is 5.27. The maximum atomic E-state index is 15.4. The number of hydrogen-bond acceptors (Lipinski definition) is 5. The topological polar surface area (TPSA) is 85.5 Å². The maximum absolute atomic E-state index is 15.4. The van der Waals surface area contributed by atoms with Crippen LogP contribution in [0.1, 0.15) is 43.7 Å². The molecule has 0 unspecified atom stereocenters. The van der Waals surface area contributed by atoms with Gasteiger partial charge >= 0.3 is 0 Å². The van der Waals surface area contributed by atoms with Crippen LogP contribution in [0, 0.1) is 35.9 Å². The van der Waals surface area contributed by atoms with Crippen molar-refractivity contribution in [3.05, 3.63) is 59.2 Å². The van der Waals surface area contributed by atoms with Gasteiger partial charge in [0.25, 0.3) is 0 Å². The first-order valence-corrected chi connectivity index (χ1v) is 11.2. The van der Waals surface area contributed by atoms with Crippen molar-refractivity contribution in [2.75, 3.05) is 13.2 Å². The number of benzene rings is 1. The molecule has 7 heteroatoms. The van der Waals surface area contributed by atoms with Crippen LogP contribution in [0.2, 0.25) is 0 Å². The molecular weight excluding hydrogens is 414 g/mol. The number of allylic oxidation sites excluding steroid dienone is 2. The van der Waals surface area contributed by atoms with E-state index < -0.39 is 41.4 Å². The summed E-state index contributed by atoms with van der Waals surface area (Å²) in [4.78, 5) is 0. The van der Waals surface area contributed by atoms with Crippen LogP contribution in [-0.4, -0.2) is 41.8 Å². The SMILES string of the molecule is C=C/C(=C(/F)CC)[C@H]1[C@H](C(O)O)N[C@@H](CC2CCOCC2)[C@]1(C#N)c1ccc(C)cc1F. The Morgan fingerprint density at radius 3 is 2.62 bits per heavy atom. The quantitative estimate of drug-likeness (QED) is 0.438. The minimum Gasteiger partial charge on any atom is -0.381 e. The molecule has 5 nitrogen and oxygen atoms in total. The summed E-state index contributed by atoms with van der Waals surface area (Å²) in [5.41, 5.74) is -0.623. The van der Waals surface area contributed by atoms with Crippen LogP contribution in [0.3, 0.4) is 0 Å². The van der Waals surface area contributed by atoms with Crippen LogP contribution in [0.15, 0.2) is 42.3 Å². The zero-order valence-corrected chi connectivity index (χ0v) is 18.7. The first kappa shape index (κ1) is 24.5. The van der Waals surface area contributed by atoms with Gasteiger partial charge in [-0.3, -0.25) is 0 Å². The molecule has 174 valence electrons. The molecule has 0 saturated carbocycles. The number of aliphatic hydroxyl groups is 2. The van der Waals surface area contributed by atoms with Crippen molar-refractivity contribution in [2.24, 2.45) is 11.8 Å². The lowest BCUT2D eigenvalue weighted by atomic mass is 9.63. The van der Waals surface area contributed by atoms with Crippen LogP contribution in [-0.2, 0) is 10.2 Å². The Balaban J connectivity index is 2.24. The molecule has 2 heterocycles. The van der Waals surface area contributed by atoms with Gasteiger partial charge in [0, 0.05) is 30.7 Å². The highest BCUT2D eigenvalue weighted by molar-refractivity contribution is 5.47. The largest absolute Gasteiger partial charge is 0.381 e. The second-order valence-corrected chi connectivity index (χ2v) is 8.81. The second-order valence-electron chi connectivity index (χ2n) is 8.81. The van der Waals surface area contributed by atoms with Gasteiger partial charge in [-0.05, 0) is 55.7 Å². The number of aliphatic hydroxyl groups excluding tert-OH is 1. The summed E-state index contributed by atoms with van der Waals surface area (Å²) in [5, 5.41) is 34.2. The van der Waals surface area contributed by atoms with Gasteiger partial charge in [0.1, 0.15) is 17.1 Å². The predicted molar refractivity (Wildman–Crippen MR) is 118 cm³/mol. The summed E-state index contributed by atoms with van der Waals surface area (Å²) in [6.45, 7) is 8.32. The summed E-state index contributed by atoms with van der Waals surface area (Å²) < 4.78 is 35.9. The van der Waals surface area contributed by atoms with Crippen molar-refractivity contribution in [3.63, 3.8) is 0 Å². The zero-order valence-electron chi connectivity index (χ0n) is 18.7. The van der Waals surface area contributed by atoms with Crippen molar-refractivity contribution in [1.29, 1.82) is 5.26 Å². The van der Waals surface area contributed by atoms with Crippen LogP contribution >= 0.6 is 0 Å². The fourth-order valence-electron chi connectivity index (χ4n) is 5.36. The van der Waals surface area contributed by atoms with E-state index in [4.69, 9.17) is 4.74 Å². The number of rotatable bonds is 7. The van der Waals surface area contributed by atoms with E-state index >= 15 is 8.78 Å². The third kappa shape index (κ3) is 4.38. The van der Waals surface area contributed by atoms with E-state index in [9.17, 15) is 15.5 Å². The van der Waals surface area contributed by atoms with Gasteiger partial charge in [-0.2, -0.15) is 5.26 Å². The van der Waals surface area contributed by atoms with E-state index in [-0.39, 0.29) is 23.5 Å². The van der Waals surface area contributed by atoms with Crippen molar-refractivity contribution >= 4 is 0 Å². The number of nitriles is 1. The molecule has 0 amide bonds. The van der Waals surface area contributed by atoms with E-state index in [1.807, 2.05) is 0 Å². The minimum atomic E-state index is -1.87. The molecule has 4 atom stereocenters. The van der Waals surface area contributed by atoms with Gasteiger partial charge in [0.05, 0.1) is 12.1 Å². The van der Waals surface area contributed by atoms with Crippen LogP contribution in [0.25, 0.3) is 0 Å². The monoisotopic (exact) mass is 446 g/mol. The first-order chi connectivity index (χ1) is 15.3. The molecule has 0 aromatic heterocycles. The highest BCUT2D eigenvalue weighted by Gasteiger charge is 2.60. The van der Waals surface area contributed by atoms with Gasteiger partial charge in [-0.1, -0.05) is 31.7 Å². The number of nitrogens with one attached hydrogen (secondary N) is 1. The predicted octanol–water partition coefficient (Wildman–Crippen LogP) is 3.80. The number of halogens is 2. The lowest BCUT2D eigenvalue weighted by molar-refractivity contribution is -0.0715. The average molecular weight is 447 g/mol. The standard InChI is InChI=1S/C25H32F2N2O3/c1-4-17(19(26)5-2)22-23(24(30)31)29-21(13-16-8-10-32-11-9-16)25(22,14-28)18-7-6-15(3)12-20(18)27/h4,6-7,12,16,21-24,29-31H,1,5,8-11,13H2,2-3H3/b19-17-/t21-,22-,23+,25-/m0/s1. The van der Waals surface area contributed by atoms with E-state index in [0.717, 1.165) is 12.8 Å². The number of nitrogens with zero attached hydrogens (tertiary/aromatic N) is 1. The van der Waals surface area contributed by atoms with Crippen molar-refractivity contribution in [1.82, 2.24) is 5.32 Å². The Morgan fingerprint density at radius 2 is 2.09 bits per heavy atom. The second kappa shape index (κ2) is 10.2. The Labute approximate surface area is 188 Å². The molecule has 2 saturated heterocycles. The molecule has 3 N–H and O–H groups in total. The Morgan fingerprint density at radius 1 is 1.41 bits per heavy atom. The average Bonchev–Trinajstić information content (AvgIpc) is 3.09. The van der Waals surface area contributed by atoms with Crippen molar-refractivity contribution in [2.45, 2.75) is 63.3 Å². The molecule has 2 fully saturated rings. The molecule has 3 rings (SSSR count). The third-order valence-corrected chi connectivity index (χ3v) is 6.96. The Bertz CT molecular complexity index is 905. The van der Waals surface area contributed by atoms with Crippen molar-refractivity contribution < 1.29 is 23.7 Å². The number of ether oxygens (including phenoxy) is 1. The van der Waals surface area contributed by atoms with E-state index in [0.29, 0.717) is 25.2 Å². The molecule has 1 aromatic rings. The van der Waals surface area contributed by atoms with Gasteiger partial charge in [0.15, 0.2) is 6.29 Å². The van der Waals surface area contributed by atoms with E-state index in [2.05, 4.69) is 18.0 Å². The molecular formula is C25H32F2N2O3. The molecule has 2 aliphatic heterocycles. The molecule has 32 heavy (non-hydrogen) atoms. The van der Waals surface area contributed by atoms with Gasteiger partial charge in [-0.15, -0.1) is 0 Å². The van der Waals surface area contributed by atoms with Gasteiger partial charge in [0.2, 0.25) is 0 Å². The molecule has 0 radical (unpaired) electrons. The lowest BCUT2D eigenvalue weighted by Crippen LogP contribution is -2.45.